The van der Waals surface area contributed by atoms with Crippen LogP contribution >= 0.6 is 11.8 Å². The number of aldehydes is 1. The second-order valence-electron chi connectivity index (χ2n) is 2.56. The quantitative estimate of drug-likeness (QED) is 0.650. The number of thioether (sulfide) groups is 1. The Bertz CT molecular complexity index is 309. The molecule has 0 aliphatic carbocycles. The van der Waals surface area contributed by atoms with Crippen molar-refractivity contribution in [3.8, 4) is 5.75 Å². The smallest absolute Gasteiger partial charge is 0.138 e. The molecule has 3 heteroatoms. The molecular weight excluding hydrogens is 172 g/mol. The van der Waals surface area contributed by atoms with Crippen molar-refractivity contribution in [3.05, 3.63) is 23.8 Å². The third kappa shape index (κ3) is 1.32. The molecule has 0 bridgehead atoms. The second-order valence-corrected chi connectivity index (χ2v) is 3.52. The fourth-order valence-corrected chi connectivity index (χ4v) is 1.90. The summed E-state index contributed by atoms with van der Waals surface area (Å²) in [6.45, 7) is 0. The normalized spacial score (nSPS) is 13.7. The van der Waals surface area contributed by atoms with Crippen LogP contribution in [0.5, 0.6) is 5.75 Å². The van der Waals surface area contributed by atoms with Gasteiger partial charge >= 0.3 is 0 Å². The third-order valence-electron chi connectivity index (χ3n) is 1.76. The molecular formula is C9H8O2S. The standard InChI is InChI=1S/C9H8O2S/c10-4-3-7-1-2-9-8(5-7)11-6-12-9/h1-2,4-5H,3,6H2. The minimum atomic E-state index is 0.474. The lowest BCUT2D eigenvalue weighted by Crippen LogP contribution is -1.87. The highest BCUT2D eigenvalue weighted by Crippen LogP contribution is 2.36. The van der Waals surface area contributed by atoms with Crippen LogP contribution in [-0.4, -0.2) is 12.2 Å². The molecule has 0 unspecified atom stereocenters. The van der Waals surface area contributed by atoms with Crippen LogP contribution in [0.1, 0.15) is 5.56 Å². The Kier molecular flexibility index (Phi) is 2.04. The molecule has 1 heterocycles. The summed E-state index contributed by atoms with van der Waals surface area (Å²) in [5.41, 5.74) is 1.02. The molecule has 1 aliphatic rings. The number of carbonyl (C=O) groups excluding carboxylic acids is 1. The summed E-state index contributed by atoms with van der Waals surface area (Å²) < 4.78 is 5.33. The fraction of sp³-hybridized carbons (Fsp3) is 0.222. The van der Waals surface area contributed by atoms with E-state index < -0.39 is 0 Å². The van der Waals surface area contributed by atoms with Gasteiger partial charge in [-0.25, -0.2) is 0 Å². The maximum absolute atomic E-state index is 10.2. The number of fused-ring (bicyclic) bond motifs is 1. The fourth-order valence-electron chi connectivity index (χ4n) is 1.16. The van der Waals surface area contributed by atoms with E-state index in [1.165, 1.54) is 4.90 Å². The van der Waals surface area contributed by atoms with Gasteiger partial charge in [0.1, 0.15) is 18.0 Å². The molecule has 0 radical (unpaired) electrons. The zero-order valence-electron chi connectivity index (χ0n) is 6.45. The minimum Gasteiger partial charge on any atom is -0.481 e. The predicted molar refractivity (Wildman–Crippen MR) is 47.6 cm³/mol. The topological polar surface area (TPSA) is 26.3 Å². The number of benzene rings is 1. The first kappa shape index (κ1) is 7.68. The first-order valence-electron chi connectivity index (χ1n) is 3.72. The van der Waals surface area contributed by atoms with E-state index in [0.29, 0.717) is 12.4 Å². The van der Waals surface area contributed by atoms with E-state index in [1.807, 2.05) is 18.2 Å². The average molecular weight is 180 g/mol. The van der Waals surface area contributed by atoms with Crippen LogP contribution in [0.25, 0.3) is 0 Å². The highest BCUT2D eigenvalue weighted by atomic mass is 32.2. The van der Waals surface area contributed by atoms with Crippen molar-refractivity contribution in [1.82, 2.24) is 0 Å². The van der Waals surface area contributed by atoms with Gasteiger partial charge in [0.2, 0.25) is 0 Å². The zero-order chi connectivity index (χ0) is 8.39. The molecule has 1 aliphatic heterocycles. The molecule has 0 amide bonds. The van der Waals surface area contributed by atoms with E-state index >= 15 is 0 Å². The van der Waals surface area contributed by atoms with Crippen LogP contribution in [0, 0.1) is 0 Å². The number of ether oxygens (including phenoxy) is 1. The van der Waals surface area contributed by atoms with Crippen molar-refractivity contribution in [1.29, 1.82) is 0 Å². The average Bonchev–Trinajstić information content (AvgIpc) is 2.51. The first-order valence-corrected chi connectivity index (χ1v) is 4.71. The highest BCUT2D eigenvalue weighted by Gasteiger charge is 2.11. The van der Waals surface area contributed by atoms with Gasteiger partial charge in [-0.2, -0.15) is 0 Å². The van der Waals surface area contributed by atoms with E-state index in [0.717, 1.165) is 17.6 Å². The van der Waals surface area contributed by atoms with Gasteiger partial charge in [-0.1, -0.05) is 17.8 Å². The van der Waals surface area contributed by atoms with E-state index in [-0.39, 0.29) is 0 Å². The molecule has 0 spiro atoms. The SMILES string of the molecule is O=CCc1ccc2c(c1)OCS2. The molecule has 1 aromatic carbocycles. The number of hydrogen-bond acceptors (Lipinski definition) is 3. The summed E-state index contributed by atoms with van der Waals surface area (Å²) in [5.74, 6) is 1.61. The Balaban J connectivity index is 2.32. The van der Waals surface area contributed by atoms with E-state index in [2.05, 4.69) is 0 Å². The van der Waals surface area contributed by atoms with E-state index in [9.17, 15) is 4.79 Å². The van der Waals surface area contributed by atoms with Gasteiger partial charge in [0, 0.05) is 6.42 Å². The Morgan fingerprint density at radius 3 is 3.33 bits per heavy atom. The van der Waals surface area contributed by atoms with Crippen LogP contribution in [0.4, 0.5) is 0 Å². The molecule has 0 saturated carbocycles. The summed E-state index contributed by atoms with van der Waals surface area (Å²) >= 11 is 1.68. The molecule has 0 saturated heterocycles. The van der Waals surface area contributed by atoms with Crippen molar-refractivity contribution in [2.75, 3.05) is 5.94 Å². The van der Waals surface area contributed by atoms with Crippen LogP contribution in [0.2, 0.25) is 0 Å². The van der Waals surface area contributed by atoms with Gasteiger partial charge in [-0.05, 0) is 17.7 Å². The molecule has 0 N–H and O–H groups in total. The Morgan fingerprint density at radius 2 is 2.50 bits per heavy atom. The maximum Gasteiger partial charge on any atom is 0.138 e. The summed E-state index contributed by atoms with van der Waals surface area (Å²) in [4.78, 5) is 11.4. The molecule has 1 aromatic rings. The second kappa shape index (κ2) is 3.19. The summed E-state index contributed by atoms with van der Waals surface area (Å²) in [7, 11) is 0. The van der Waals surface area contributed by atoms with Crippen molar-refractivity contribution in [3.63, 3.8) is 0 Å². The van der Waals surface area contributed by atoms with Gasteiger partial charge in [0.25, 0.3) is 0 Å². The van der Waals surface area contributed by atoms with Crippen molar-refractivity contribution >= 4 is 18.0 Å². The van der Waals surface area contributed by atoms with Gasteiger partial charge in [-0.3, -0.25) is 0 Å². The lowest BCUT2D eigenvalue weighted by atomic mass is 10.1. The van der Waals surface area contributed by atoms with Crippen molar-refractivity contribution < 1.29 is 9.53 Å². The number of hydrogen-bond donors (Lipinski definition) is 0. The maximum atomic E-state index is 10.2. The summed E-state index contributed by atoms with van der Waals surface area (Å²) in [6.07, 6.45) is 1.38. The first-order chi connectivity index (χ1) is 5.90. The number of carbonyl (C=O) groups is 1. The zero-order valence-corrected chi connectivity index (χ0v) is 7.26. The van der Waals surface area contributed by atoms with Gasteiger partial charge < -0.3 is 9.53 Å². The van der Waals surface area contributed by atoms with E-state index in [4.69, 9.17) is 4.74 Å². The number of rotatable bonds is 2. The van der Waals surface area contributed by atoms with Crippen molar-refractivity contribution in [2.24, 2.45) is 0 Å². The molecule has 62 valence electrons. The summed E-state index contributed by atoms with van der Waals surface area (Å²) in [5, 5.41) is 0. The van der Waals surface area contributed by atoms with Gasteiger partial charge in [-0.15, -0.1) is 0 Å². The van der Waals surface area contributed by atoms with Crippen LogP contribution in [-0.2, 0) is 11.2 Å². The molecule has 0 aromatic heterocycles. The largest absolute Gasteiger partial charge is 0.481 e. The van der Waals surface area contributed by atoms with Gasteiger partial charge in [0.05, 0.1) is 4.90 Å². The Hall–Kier alpha value is -0.960. The molecule has 12 heavy (non-hydrogen) atoms. The molecule has 0 fully saturated rings. The Labute approximate surface area is 74.9 Å². The molecule has 2 nitrogen and oxygen atoms in total. The predicted octanol–water partition coefficient (Wildman–Crippen LogP) is 1.87. The molecule has 0 atom stereocenters. The minimum absolute atomic E-state index is 0.474. The van der Waals surface area contributed by atoms with Crippen molar-refractivity contribution in [2.45, 2.75) is 11.3 Å². The van der Waals surface area contributed by atoms with E-state index in [1.54, 1.807) is 11.8 Å². The summed E-state index contributed by atoms with van der Waals surface area (Å²) in [6, 6.07) is 5.91. The highest BCUT2D eigenvalue weighted by molar-refractivity contribution is 7.99. The van der Waals surface area contributed by atoms with Crippen LogP contribution in [0.3, 0.4) is 0 Å². The van der Waals surface area contributed by atoms with Crippen LogP contribution in [0.15, 0.2) is 23.1 Å². The monoisotopic (exact) mass is 180 g/mol. The Morgan fingerprint density at radius 1 is 1.58 bits per heavy atom. The molecule has 2 rings (SSSR count). The van der Waals surface area contributed by atoms with Gasteiger partial charge in [0.15, 0.2) is 0 Å². The lowest BCUT2D eigenvalue weighted by Gasteiger charge is -1.99. The lowest BCUT2D eigenvalue weighted by molar-refractivity contribution is -0.107. The van der Waals surface area contributed by atoms with Crippen LogP contribution < -0.4 is 4.74 Å². The third-order valence-corrected chi connectivity index (χ3v) is 2.64.